The number of aromatic nitrogens is 2. The van der Waals surface area contributed by atoms with Crippen molar-refractivity contribution in [1.82, 2.24) is 9.55 Å². The molecule has 7 heteroatoms. The van der Waals surface area contributed by atoms with Crippen LogP contribution < -0.4 is 10.5 Å². The van der Waals surface area contributed by atoms with Crippen molar-refractivity contribution in [2.75, 3.05) is 11.4 Å². The number of β-amino-alcohol motifs (C(OH)–C–C–N with tert-alkyl or cyclic N) is 1. The molecule has 2 unspecified atom stereocenters. The van der Waals surface area contributed by atoms with E-state index in [1.807, 2.05) is 0 Å². The molecule has 0 aromatic carbocycles. The third kappa shape index (κ3) is 2.10. The van der Waals surface area contributed by atoms with E-state index in [1.165, 1.54) is 11.1 Å². The van der Waals surface area contributed by atoms with Crippen molar-refractivity contribution in [1.29, 1.82) is 0 Å². The molecule has 2 N–H and O–H groups in total. The second-order valence-corrected chi connectivity index (χ2v) is 5.09. The van der Waals surface area contributed by atoms with Gasteiger partial charge in [-0.3, -0.25) is 4.79 Å². The van der Waals surface area contributed by atoms with E-state index in [-0.39, 0.29) is 30.4 Å². The Hall–Kier alpha value is -1.89. The number of rotatable bonds is 3. The van der Waals surface area contributed by atoms with Gasteiger partial charge in [0.25, 0.3) is 5.56 Å². The highest BCUT2D eigenvalue weighted by Crippen LogP contribution is 2.33. The molecule has 2 fully saturated rings. The molecule has 19 heavy (non-hydrogen) atoms. The number of aliphatic carboxylic acids is 1. The first-order valence-electron chi connectivity index (χ1n) is 6.32. The van der Waals surface area contributed by atoms with Gasteiger partial charge in [0.2, 0.25) is 0 Å². The Morgan fingerprint density at radius 1 is 1.42 bits per heavy atom. The van der Waals surface area contributed by atoms with E-state index in [0.717, 1.165) is 12.8 Å². The Balaban J connectivity index is 1.99. The summed E-state index contributed by atoms with van der Waals surface area (Å²) in [5.41, 5.74) is -0.273. The van der Waals surface area contributed by atoms with Crippen LogP contribution in [0.15, 0.2) is 17.2 Å². The monoisotopic (exact) mass is 265 g/mol. The minimum atomic E-state index is -1.04. The lowest BCUT2D eigenvalue weighted by atomic mass is 10.2. The lowest BCUT2D eigenvalue weighted by molar-refractivity contribution is -0.138. The standard InChI is InChI=1S/C12H15N3O4/c16-8-5-9(12(18)19)15(6-8)10-11(17)14(4-3-13-10)7-1-2-7/h3-4,7-9,16H,1-2,5-6H2,(H,18,19). The van der Waals surface area contributed by atoms with Gasteiger partial charge in [-0.25, -0.2) is 9.78 Å². The second-order valence-electron chi connectivity index (χ2n) is 5.09. The van der Waals surface area contributed by atoms with Gasteiger partial charge in [0.1, 0.15) is 6.04 Å². The molecule has 2 aliphatic rings. The van der Waals surface area contributed by atoms with Crippen molar-refractivity contribution in [3.05, 3.63) is 22.7 Å². The average Bonchev–Trinajstić information content (AvgIpc) is 3.12. The molecule has 1 aromatic rings. The summed E-state index contributed by atoms with van der Waals surface area (Å²) >= 11 is 0. The van der Waals surface area contributed by atoms with Gasteiger partial charge in [0, 0.05) is 31.4 Å². The Bertz CT molecular complexity index is 566. The quantitative estimate of drug-likeness (QED) is 0.772. The maximum absolute atomic E-state index is 12.3. The molecule has 1 aliphatic carbocycles. The number of aliphatic hydroxyl groups is 1. The van der Waals surface area contributed by atoms with Crippen molar-refractivity contribution < 1.29 is 15.0 Å². The molecule has 1 saturated carbocycles. The minimum Gasteiger partial charge on any atom is -0.480 e. The van der Waals surface area contributed by atoms with E-state index in [2.05, 4.69) is 4.98 Å². The summed E-state index contributed by atoms with van der Waals surface area (Å²) in [4.78, 5) is 28.9. The van der Waals surface area contributed by atoms with Gasteiger partial charge < -0.3 is 19.7 Å². The van der Waals surface area contributed by atoms with Crippen LogP contribution in [-0.4, -0.2) is 44.4 Å². The lowest BCUT2D eigenvalue weighted by Crippen LogP contribution is -2.41. The van der Waals surface area contributed by atoms with Gasteiger partial charge in [-0.1, -0.05) is 0 Å². The SMILES string of the molecule is O=C(O)C1CC(O)CN1c1nccn(C2CC2)c1=O. The molecule has 2 atom stereocenters. The highest BCUT2D eigenvalue weighted by atomic mass is 16.4. The van der Waals surface area contributed by atoms with E-state index < -0.39 is 18.1 Å². The van der Waals surface area contributed by atoms with Gasteiger partial charge in [-0.2, -0.15) is 0 Å². The van der Waals surface area contributed by atoms with Crippen LogP contribution in [0.5, 0.6) is 0 Å². The maximum atomic E-state index is 12.3. The summed E-state index contributed by atoms with van der Waals surface area (Å²) in [6, 6.07) is -0.671. The zero-order chi connectivity index (χ0) is 13.6. The van der Waals surface area contributed by atoms with Crippen LogP contribution in [0.3, 0.4) is 0 Å². The van der Waals surface area contributed by atoms with Gasteiger partial charge >= 0.3 is 5.97 Å². The van der Waals surface area contributed by atoms with Crippen molar-refractivity contribution in [3.63, 3.8) is 0 Å². The van der Waals surface area contributed by atoms with Gasteiger partial charge in [-0.05, 0) is 12.8 Å². The molecule has 1 aromatic heterocycles. The first-order chi connectivity index (χ1) is 9.08. The van der Waals surface area contributed by atoms with Crippen LogP contribution in [0.1, 0.15) is 25.3 Å². The third-order valence-electron chi connectivity index (χ3n) is 3.63. The number of carboxylic acid groups (broad SMARTS) is 1. The summed E-state index contributed by atoms with van der Waals surface area (Å²) in [7, 11) is 0. The molecule has 0 radical (unpaired) electrons. The topological polar surface area (TPSA) is 95.7 Å². The summed E-state index contributed by atoms with van der Waals surface area (Å²) in [6.45, 7) is 0.133. The van der Waals surface area contributed by atoms with E-state index in [1.54, 1.807) is 10.8 Å². The van der Waals surface area contributed by atoms with E-state index in [4.69, 9.17) is 5.11 Å². The Morgan fingerprint density at radius 2 is 2.16 bits per heavy atom. The molecule has 0 bridgehead atoms. The number of nitrogens with zero attached hydrogens (tertiary/aromatic N) is 3. The molecule has 0 spiro atoms. The molecular formula is C12H15N3O4. The minimum absolute atomic E-state index is 0.120. The summed E-state index contributed by atoms with van der Waals surface area (Å²) in [5, 5.41) is 18.8. The maximum Gasteiger partial charge on any atom is 0.326 e. The van der Waals surface area contributed by atoms with Crippen molar-refractivity contribution in [2.45, 2.75) is 37.5 Å². The first kappa shape index (κ1) is 12.2. The predicted octanol–water partition coefficient (Wildman–Crippen LogP) is -0.398. The highest BCUT2D eigenvalue weighted by molar-refractivity contribution is 5.78. The summed E-state index contributed by atoms with van der Waals surface area (Å²) in [6.07, 6.45) is 4.46. The highest BCUT2D eigenvalue weighted by Gasteiger charge is 2.38. The number of hydrogen-bond acceptors (Lipinski definition) is 5. The lowest BCUT2D eigenvalue weighted by Gasteiger charge is -2.21. The van der Waals surface area contributed by atoms with Crippen LogP contribution in [-0.2, 0) is 4.79 Å². The fourth-order valence-electron chi connectivity index (χ4n) is 2.53. The van der Waals surface area contributed by atoms with Gasteiger partial charge in [-0.15, -0.1) is 0 Å². The smallest absolute Gasteiger partial charge is 0.326 e. The molecule has 7 nitrogen and oxygen atoms in total. The predicted molar refractivity (Wildman–Crippen MR) is 66.2 cm³/mol. The molecule has 1 aliphatic heterocycles. The molecule has 0 amide bonds. The van der Waals surface area contributed by atoms with Crippen molar-refractivity contribution >= 4 is 11.8 Å². The Morgan fingerprint density at radius 3 is 2.79 bits per heavy atom. The summed E-state index contributed by atoms with van der Waals surface area (Å²) in [5.74, 6) is -0.919. The van der Waals surface area contributed by atoms with Gasteiger partial charge in [0.15, 0.2) is 5.82 Å². The fourth-order valence-corrected chi connectivity index (χ4v) is 2.53. The van der Waals surface area contributed by atoms with Crippen LogP contribution in [0.2, 0.25) is 0 Å². The average molecular weight is 265 g/mol. The van der Waals surface area contributed by atoms with Crippen LogP contribution in [0.4, 0.5) is 5.82 Å². The molecule has 1 saturated heterocycles. The molecule has 2 heterocycles. The van der Waals surface area contributed by atoms with Crippen molar-refractivity contribution in [2.24, 2.45) is 0 Å². The second kappa shape index (κ2) is 4.34. The molecule has 3 rings (SSSR count). The van der Waals surface area contributed by atoms with Crippen LogP contribution in [0, 0.1) is 0 Å². The Labute approximate surface area is 109 Å². The largest absolute Gasteiger partial charge is 0.480 e. The number of anilines is 1. The Kier molecular flexibility index (Phi) is 2.78. The third-order valence-corrected chi connectivity index (χ3v) is 3.63. The number of carboxylic acids is 1. The molecular weight excluding hydrogens is 250 g/mol. The first-order valence-corrected chi connectivity index (χ1v) is 6.32. The van der Waals surface area contributed by atoms with E-state index >= 15 is 0 Å². The zero-order valence-electron chi connectivity index (χ0n) is 10.3. The number of carbonyl (C=O) groups is 1. The normalized spacial score (nSPS) is 26.7. The van der Waals surface area contributed by atoms with Gasteiger partial charge in [0.05, 0.1) is 6.10 Å². The number of aliphatic hydroxyl groups excluding tert-OH is 1. The van der Waals surface area contributed by atoms with E-state index in [0.29, 0.717) is 0 Å². The molecule has 102 valence electrons. The number of hydrogen-bond donors (Lipinski definition) is 2. The van der Waals surface area contributed by atoms with Crippen LogP contribution >= 0.6 is 0 Å². The zero-order valence-corrected chi connectivity index (χ0v) is 10.3. The van der Waals surface area contributed by atoms with Crippen molar-refractivity contribution in [3.8, 4) is 0 Å². The fraction of sp³-hybridized carbons (Fsp3) is 0.583. The van der Waals surface area contributed by atoms with Crippen LogP contribution in [0.25, 0.3) is 0 Å². The van der Waals surface area contributed by atoms with E-state index in [9.17, 15) is 14.7 Å². The summed E-state index contributed by atoms with van der Waals surface area (Å²) < 4.78 is 1.60.